The van der Waals surface area contributed by atoms with Crippen LogP contribution in [0.15, 0.2) is 24.7 Å². The van der Waals surface area contributed by atoms with Gasteiger partial charge in [-0.3, -0.25) is 0 Å². The standard InChI is InChI=1S/C14H16Cl2N6/c1-3-20(2)6-12-9-22(19-18-12)8-11-7-21-5-10(15)4-13(16)14(21)17-11/h4-5,7,9H,3,6,8H2,1-2H3. The van der Waals surface area contributed by atoms with E-state index in [-0.39, 0.29) is 0 Å². The molecule has 0 aliphatic rings. The zero-order valence-corrected chi connectivity index (χ0v) is 13.9. The Hall–Kier alpha value is -1.63. The van der Waals surface area contributed by atoms with Crippen LogP contribution in [0.1, 0.15) is 18.3 Å². The first-order valence-corrected chi connectivity index (χ1v) is 7.71. The van der Waals surface area contributed by atoms with Crippen molar-refractivity contribution in [3.8, 4) is 0 Å². The van der Waals surface area contributed by atoms with E-state index in [1.165, 1.54) is 0 Å². The molecule has 3 heterocycles. The fraction of sp³-hybridized carbons (Fsp3) is 0.357. The van der Waals surface area contributed by atoms with E-state index in [1.54, 1.807) is 16.9 Å². The van der Waals surface area contributed by atoms with E-state index in [2.05, 4.69) is 27.1 Å². The Morgan fingerprint density at radius 1 is 1.18 bits per heavy atom. The summed E-state index contributed by atoms with van der Waals surface area (Å²) in [5.41, 5.74) is 2.48. The van der Waals surface area contributed by atoms with Crippen LogP contribution in [0.25, 0.3) is 5.65 Å². The first-order chi connectivity index (χ1) is 10.5. The topological polar surface area (TPSA) is 51.2 Å². The highest BCUT2D eigenvalue weighted by atomic mass is 35.5. The number of hydrogen-bond acceptors (Lipinski definition) is 4. The van der Waals surface area contributed by atoms with Crippen LogP contribution in [-0.2, 0) is 13.1 Å². The maximum absolute atomic E-state index is 6.15. The molecule has 0 atom stereocenters. The molecule has 0 amide bonds. The van der Waals surface area contributed by atoms with Crippen molar-refractivity contribution in [2.45, 2.75) is 20.0 Å². The molecule has 0 aliphatic heterocycles. The molecule has 0 bridgehead atoms. The minimum Gasteiger partial charge on any atom is -0.304 e. The fourth-order valence-corrected chi connectivity index (χ4v) is 2.72. The average molecular weight is 339 g/mol. The Labute approximate surface area is 138 Å². The largest absolute Gasteiger partial charge is 0.304 e. The van der Waals surface area contributed by atoms with Gasteiger partial charge in [-0.15, -0.1) is 5.10 Å². The fourth-order valence-electron chi connectivity index (χ4n) is 2.19. The monoisotopic (exact) mass is 338 g/mol. The number of rotatable bonds is 5. The average Bonchev–Trinajstić information content (AvgIpc) is 3.06. The molecule has 0 fully saturated rings. The summed E-state index contributed by atoms with van der Waals surface area (Å²) in [6.07, 6.45) is 5.61. The van der Waals surface area contributed by atoms with Crippen LogP contribution in [0.5, 0.6) is 0 Å². The van der Waals surface area contributed by atoms with Crippen molar-refractivity contribution < 1.29 is 0 Å². The van der Waals surface area contributed by atoms with Gasteiger partial charge in [-0.2, -0.15) is 0 Å². The number of imidazole rings is 1. The van der Waals surface area contributed by atoms with Gasteiger partial charge >= 0.3 is 0 Å². The van der Waals surface area contributed by atoms with Crippen LogP contribution in [-0.4, -0.2) is 42.9 Å². The van der Waals surface area contributed by atoms with E-state index >= 15 is 0 Å². The van der Waals surface area contributed by atoms with Gasteiger partial charge in [0.2, 0.25) is 0 Å². The Morgan fingerprint density at radius 3 is 2.77 bits per heavy atom. The summed E-state index contributed by atoms with van der Waals surface area (Å²) in [5, 5.41) is 9.42. The van der Waals surface area contributed by atoms with E-state index in [0.29, 0.717) is 22.2 Å². The molecular weight excluding hydrogens is 323 g/mol. The summed E-state index contributed by atoms with van der Waals surface area (Å²) in [7, 11) is 2.05. The van der Waals surface area contributed by atoms with Gasteiger partial charge in [-0.1, -0.05) is 35.3 Å². The maximum atomic E-state index is 6.15. The van der Waals surface area contributed by atoms with Gasteiger partial charge in [0, 0.05) is 18.9 Å². The molecule has 6 nitrogen and oxygen atoms in total. The molecule has 3 rings (SSSR count). The second-order valence-corrected chi connectivity index (χ2v) is 6.05. The Bertz CT molecular complexity index is 794. The SMILES string of the molecule is CCN(C)Cc1cn(Cc2cn3cc(Cl)cc(Cl)c3n2)nn1. The minimum absolute atomic E-state index is 0.530. The number of aromatic nitrogens is 5. The number of pyridine rings is 1. The summed E-state index contributed by atoms with van der Waals surface area (Å²) in [4.78, 5) is 6.68. The lowest BCUT2D eigenvalue weighted by molar-refractivity contribution is 0.341. The molecular formula is C14H16Cl2N6. The first-order valence-electron chi connectivity index (χ1n) is 6.95. The molecule has 0 unspecified atom stereocenters. The van der Waals surface area contributed by atoms with Crippen LogP contribution in [0.4, 0.5) is 0 Å². The van der Waals surface area contributed by atoms with Gasteiger partial charge in [0.25, 0.3) is 0 Å². The van der Waals surface area contributed by atoms with Gasteiger partial charge in [0.1, 0.15) is 0 Å². The summed E-state index contributed by atoms with van der Waals surface area (Å²) in [6, 6.07) is 1.68. The van der Waals surface area contributed by atoms with E-state index in [9.17, 15) is 0 Å². The van der Waals surface area contributed by atoms with E-state index in [0.717, 1.165) is 24.5 Å². The van der Waals surface area contributed by atoms with E-state index in [4.69, 9.17) is 23.2 Å². The number of fused-ring (bicyclic) bond motifs is 1. The maximum Gasteiger partial charge on any atom is 0.156 e. The third-order valence-corrected chi connectivity index (χ3v) is 3.89. The lowest BCUT2D eigenvalue weighted by Crippen LogP contribution is -2.16. The lowest BCUT2D eigenvalue weighted by Gasteiger charge is -2.10. The quantitative estimate of drug-likeness (QED) is 0.717. The number of hydrogen-bond donors (Lipinski definition) is 0. The predicted molar refractivity (Wildman–Crippen MR) is 86.3 cm³/mol. The molecule has 0 saturated carbocycles. The molecule has 3 aromatic rings. The highest BCUT2D eigenvalue weighted by Crippen LogP contribution is 2.21. The van der Waals surface area contributed by atoms with Gasteiger partial charge < -0.3 is 9.30 Å². The zero-order valence-electron chi connectivity index (χ0n) is 12.4. The highest BCUT2D eigenvalue weighted by molar-refractivity contribution is 6.36. The summed E-state index contributed by atoms with van der Waals surface area (Å²) >= 11 is 12.1. The molecule has 22 heavy (non-hydrogen) atoms. The van der Waals surface area contributed by atoms with Crippen molar-refractivity contribution in [3.05, 3.63) is 46.1 Å². The van der Waals surface area contributed by atoms with Crippen molar-refractivity contribution in [3.63, 3.8) is 0 Å². The zero-order chi connectivity index (χ0) is 15.7. The second kappa shape index (κ2) is 6.24. The normalized spacial score (nSPS) is 11.7. The molecule has 0 aromatic carbocycles. The Kier molecular flexibility index (Phi) is 4.33. The van der Waals surface area contributed by atoms with Crippen LogP contribution < -0.4 is 0 Å². The molecule has 3 aromatic heterocycles. The third kappa shape index (κ3) is 3.24. The van der Waals surface area contributed by atoms with Crippen LogP contribution in [0.3, 0.4) is 0 Å². The van der Waals surface area contributed by atoms with Crippen molar-refractivity contribution in [1.82, 2.24) is 29.3 Å². The van der Waals surface area contributed by atoms with Gasteiger partial charge in [0.05, 0.1) is 34.2 Å². The third-order valence-electron chi connectivity index (χ3n) is 3.40. The van der Waals surface area contributed by atoms with E-state index in [1.807, 2.05) is 23.8 Å². The molecule has 116 valence electrons. The molecule has 0 aliphatic carbocycles. The van der Waals surface area contributed by atoms with Gasteiger partial charge in [0.15, 0.2) is 5.65 Å². The number of halogens is 2. The molecule has 8 heteroatoms. The summed E-state index contributed by atoms with van der Waals surface area (Å²) in [6.45, 7) is 4.40. The van der Waals surface area contributed by atoms with Crippen LogP contribution in [0.2, 0.25) is 10.0 Å². The molecule has 0 N–H and O–H groups in total. The Morgan fingerprint density at radius 2 is 2.00 bits per heavy atom. The molecule has 0 radical (unpaired) electrons. The lowest BCUT2D eigenvalue weighted by atomic mass is 10.4. The van der Waals surface area contributed by atoms with Crippen molar-refractivity contribution in [2.24, 2.45) is 0 Å². The van der Waals surface area contributed by atoms with Crippen molar-refractivity contribution in [2.75, 3.05) is 13.6 Å². The van der Waals surface area contributed by atoms with E-state index < -0.39 is 0 Å². The van der Waals surface area contributed by atoms with Crippen LogP contribution in [0, 0.1) is 0 Å². The van der Waals surface area contributed by atoms with Crippen molar-refractivity contribution >= 4 is 28.8 Å². The molecule has 0 saturated heterocycles. The molecule has 0 spiro atoms. The predicted octanol–water partition coefficient (Wildman–Crippen LogP) is 2.73. The highest BCUT2D eigenvalue weighted by Gasteiger charge is 2.09. The van der Waals surface area contributed by atoms with Crippen molar-refractivity contribution in [1.29, 1.82) is 0 Å². The first kappa shape index (κ1) is 15.3. The second-order valence-electron chi connectivity index (χ2n) is 5.21. The summed E-state index contributed by atoms with van der Waals surface area (Å²) < 4.78 is 3.60. The Balaban J connectivity index is 1.80. The van der Waals surface area contributed by atoms with Gasteiger partial charge in [-0.25, -0.2) is 9.67 Å². The smallest absolute Gasteiger partial charge is 0.156 e. The minimum atomic E-state index is 0.530. The summed E-state index contributed by atoms with van der Waals surface area (Å²) in [5.74, 6) is 0. The van der Waals surface area contributed by atoms with Gasteiger partial charge in [-0.05, 0) is 19.7 Å². The van der Waals surface area contributed by atoms with Crippen LogP contribution >= 0.6 is 23.2 Å². The number of nitrogens with zero attached hydrogens (tertiary/aromatic N) is 6.